The van der Waals surface area contributed by atoms with Crippen molar-refractivity contribution in [2.75, 3.05) is 7.11 Å². The molecule has 1 saturated heterocycles. The van der Waals surface area contributed by atoms with Gasteiger partial charge in [-0.1, -0.05) is 6.42 Å². The van der Waals surface area contributed by atoms with Crippen LogP contribution < -0.4 is 4.74 Å². The van der Waals surface area contributed by atoms with Gasteiger partial charge in [0.25, 0.3) is 0 Å². The molecule has 0 saturated carbocycles. The quantitative estimate of drug-likeness (QED) is 0.913. The molecule has 1 aromatic rings. The van der Waals surface area contributed by atoms with Crippen molar-refractivity contribution in [3.8, 4) is 11.5 Å². The van der Waals surface area contributed by atoms with E-state index in [4.69, 9.17) is 4.74 Å². The number of benzene rings is 1. The summed E-state index contributed by atoms with van der Waals surface area (Å²) in [5.41, 5.74) is 1.17. The molecule has 1 fully saturated rings. The number of hydrogen-bond donors (Lipinski definition) is 1. The van der Waals surface area contributed by atoms with Crippen molar-refractivity contribution >= 4 is 15.9 Å². The van der Waals surface area contributed by atoms with Gasteiger partial charge in [-0.05, 0) is 60.3 Å². The van der Waals surface area contributed by atoms with Crippen LogP contribution in [0, 0.1) is 0 Å². The maximum absolute atomic E-state index is 9.85. The first kappa shape index (κ1) is 14.7. The molecule has 1 aliphatic rings. The summed E-state index contributed by atoms with van der Waals surface area (Å²) in [5.74, 6) is 0.702. The summed E-state index contributed by atoms with van der Waals surface area (Å²) < 4.78 is 5.90. The molecule has 4 heteroatoms. The first-order chi connectivity index (χ1) is 9.02. The lowest BCUT2D eigenvalue weighted by atomic mass is 9.96. The Morgan fingerprint density at radius 3 is 2.53 bits per heavy atom. The summed E-state index contributed by atoms with van der Waals surface area (Å²) in [6.45, 7) is 5.49. The number of halogens is 1. The predicted molar refractivity (Wildman–Crippen MR) is 80.7 cm³/mol. The minimum atomic E-state index is 0.172. The van der Waals surface area contributed by atoms with Gasteiger partial charge in [-0.15, -0.1) is 0 Å². The van der Waals surface area contributed by atoms with E-state index < -0.39 is 0 Å². The molecule has 0 bridgehead atoms. The Morgan fingerprint density at radius 1 is 1.32 bits per heavy atom. The summed E-state index contributed by atoms with van der Waals surface area (Å²) in [7, 11) is 1.58. The molecule has 3 nitrogen and oxygen atoms in total. The van der Waals surface area contributed by atoms with Gasteiger partial charge in [0.15, 0.2) is 11.5 Å². The standard InChI is InChI=1S/C15H22BrNO2/c1-10-5-4-6-11(2)17(10)9-12-7-13(16)15(18)14(8-12)19-3/h7-8,10-11,18H,4-6,9H2,1-3H3. The van der Waals surface area contributed by atoms with Crippen LogP contribution in [0.2, 0.25) is 0 Å². The van der Waals surface area contributed by atoms with Gasteiger partial charge >= 0.3 is 0 Å². The highest BCUT2D eigenvalue weighted by Gasteiger charge is 2.25. The van der Waals surface area contributed by atoms with E-state index in [2.05, 4.69) is 34.7 Å². The molecule has 0 aliphatic carbocycles. The zero-order valence-corrected chi connectivity index (χ0v) is 13.4. The van der Waals surface area contributed by atoms with Crippen molar-refractivity contribution in [2.24, 2.45) is 0 Å². The number of likely N-dealkylation sites (tertiary alicyclic amines) is 1. The van der Waals surface area contributed by atoms with E-state index in [1.165, 1.54) is 24.8 Å². The first-order valence-corrected chi connectivity index (χ1v) is 7.63. The van der Waals surface area contributed by atoms with Gasteiger partial charge < -0.3 is 9.84 Å². The fraction of sp³-hybridized carbons (Fsp3) is 0.600. The number of nitrogens with zero attached hydrogens (tertiary/aromatic N) is 1. The maximum Gasteiger partial charge on any atom is 0.172 e. The second-order valence-corrected chi connectivity index (χ2v) is 6.28. The fourth-order valence-corrected chi connectivity index (χ4v) is 3.36. The monoisotopic (exact) mass is 327 g/mol. The van der Waals surface area contributed by atoms with E-state index in [1.807, 2.05) is 12.1 Å². The third kappa shape index (κ3) is 3.23. The van der Waals surface area contributed by atoms with Gasteiger partial charge in [-0.25, -0.2) is 0 Å². The molecule has 1 aliphatic heterocycles. The number of aromatic hydroxyl groups is 1. The number of piperidine rings is 1. The maximum atomic E-state index is 9.85. The molecule has 2 atom stereocenters. The lowest BCUT2D eigenvalue weighted by Crippen LogP contribution is -2.42. The minimum Gasteiger partial charge on any atom is -0.503 e. The zero-order valence-electron chi connectivity index (χ0n) is 11.8. The van der Waals surface area contributed by atoms with Gasteiger partial charge in [0.05, 0.1) is 11.6 Å². The van der Waals surface area contributed by atoms with E-state index in [0.717, 1.165) is 6.54 Å². The lowest BCUT2D eigenvalue weighted by Gasteiger charge is -2.39. The third-order valence-electron chi connectivity index (χ3n) is 4.05. The molecule has 2 unspecified atom stereocenters. The predicted octanol–water partition coefficient (Wildman–Crippen LogP) is 3.93. The zero-order chi connectivity index (χ0) is 14.0. The average Bonchev–Trinajstić information content (AvgIpc) is 2.38. The van der Waals surface area contributed by atoms with E-state index in [-0.39, 0.29) is 5.75 Å². The molecule has 0 radical (unpaired) electrons. The van der Waals surface area contributed by atoms with Crippen molar-refractivity contribution in [1.82, 2.24) is 4.90 Å². The third-order valence-corrected chi connectivity index (χ3v) is 4.65. The van der Waals surface area contributed by atoms with Gasteiger partial charge in [-0.2, -0.15) is 0 Å². The SMILES string of the molecule is COc1cc(CN2C(C)CCCC2C)cc(Br)c1O. The molecule has 106 valence electrons. The van der Waals surface area contributed by atoms with E-state index in [1.54, 1.807) is 7.11 Å². The normalized spacial score (nSPS) is 24.4. The van der Waals surface area contributed by atoms with Crippen LogP contribution in [0.5, 0.6) is 11.5 Å². The van der Waals surface area contributed by atoms with Gasteiger partial charge in [0.1, 0.15) is 0 Å². The Kier molecular flexibility index (Phi) is 4.74. The molecular weight excluding hydrogens is 306 g/mol. The second kappa shape index (κ2) is 6.14. The number of phenolic OH excluding ortho intramolecular Hbond substituents is 1. The van der Waals surface area contributed by atoms with Gasteiger partial charge in [-0.3, -0.25) is 4.90 Å². The Balaban J connectivity index is 2.20. The van der Waals surface area contributed by atoms with Crippen LogP contribution in [0.15, 0.2) is 16.6 Å². The van der Waals surface area contributed by atoms with Crippen LogP contribution in [0.3, 0.4) is 0 Å². The largest absolute Gasteiger partial charge is 0.503 e. The topological polar surface area (TPSA) is 32.7 Å². The first-order valence-electron chi connectivity index (χ1n) is 6.84. The Hall–Kier alpha value is -0.740. The van der Waals surface area contributed by atoms with Crippen LogP contribution in [0.1, 0.15) is 38.7 Å². The summed E-state index contributed by atoms with van der Waals surface area (Å²) in [6, 6.07) is 5.13. The van der Waals surface area contributed by atoms with Crippen molar-refractivity contribution in [3.63, 3.8) is 0 Å². The molecule has 1 N–H and O–H groups in total. The van der Waals surface area contributed by atoms with Crippen LogP contribution >= 0.6 is 15.9 Å². The van der Waals surface area contributed by atoms with Gasteiger partial charge in [0.2, 0.25) is 0 Å². The molecule has 0 aromatic heterocycles. The molecular formula is C15H22BrNO2. The average molecular weight is 328 g/mol. The van der Waals surface area contributed by atoms with Crippen molar-refractivity contribution < 1.29 is 9.84 Å². The highest BCUT2D eigenvalue weighted by atomic mass is 79.9. The number of rotatable bonds is 3. The second-order valence-electron chi connectivity index (χ2n) is 5.43. The van der Waals surface area contributed by atoms with Crippen LogP contribution in [0.25, 0.3) is 0 Å². The molecule has 19 heavy (non-hydrogen) atoms. The Labute approximate surface area is 123 Å². The van der Waals surface area contributed by atoms with Crippen LogP contribution in [-0.2, 0) is 6.54 Å². The summed E-state index contributed by atoms with van der Waals surface area (Å²) in [5, 5.41) is 9.85. The number of methoxy groups -OCH3 is 1. The van der Waals surface area contributed by atoms with E-state index in [9.17, 15) is 5.11 Å². The lowest BCUT2D eigenvalue weighted by molar-refractivity contribution is 0.0951. The van der Waals surface area contributed by atoms with E-state index >= 15 is 0 Å². The number of phenols is 1. The number of hydrogen-bond acceptors (Lipinski definition) is 3. The Morgan fingerprint density at radius 2 is 1.95 bits per heavy atom. The molecule has 0 amide bonds. The summed E-state index contributed by atoms with van der Waals surface area (Å²) >= 11 is 3.38. The smallest absolute Gasteiger partial charge is 0.172 e. The Bertz CT molecular complexity index is 440. The van der Waals surface area contributed by atoms with Crippen LogP contribution in [0.4, 0.5) is 0 Å². The highest BCUT2D eigenvalue weighted by molar-refractivity contribution is 9.10. The molecule has 0 spiro atoms. The van der Waals surface area contributed by atoms with Crippen LogP contribution in [-0.4, -0.2) is 29.2 Å². The van der Waals surface area contributed by atoms with Gasteiger partial charge in [0, 0.05) is 18.6 Å². The van der Waals surface area contributed by atoms with Crippen molar-refractivity contribution in [3.05, 3.63) is 22.2 Å². The number of ether oxygens (including phenoxy) is 1. The van der Waals surface area contributed by atoms with E-state index in [0.29, 0.717) is 22.3 Å². The minimum absolute atomic E-state index is 0.172. The highest BCUT2D eigenvalue weighted by Crippen LogP contribution is 2.36. The van der Waals surface area contributed by atoms with Crippen molar-refractivity contribution in [2.45, 2.75) is 51.7 Å². The summed E-state index contributed by atoms with van der Waals surface area (Å²) in [4.78, 5) is 2.53. The fourth-order valence-electron chi connectivity index (χ4n) is 2.87. The van der Waals surface area contributed by atoms with Crippen molar-refractivity contribution in [1.29, 1.82) is 0 Å². The molecule has 1 heterocycles. The molecule has 2 rings (SSSR count). The molecule has 1 aromatic carbocycles. The summed E-state index contributed by atoms with van der Waals surface area (Å²) in [6.07, 6.45) is 3.85.